The number of para-hydroxylation sites is 2. The van der Waals surface area contributed by atoms with E-state index < -0.39 is 0 Å². The number of nitrogens with zero attached hydrogens (tertiary/aromatic N) is 2. The Labute approximate surface area is 136 Å². The minimum Gasteiger partial charge on any atom is -0.328 e. The molecule has 120 valence electrons. The van der Waals surface area contributed by atoms with E-state index in [-0.39, 0.29) is 30.3 Å². The van der Waals surface area contributed by atoms with E-state index in [1.165, 1.54) is 0 Å². The van der Waals surface area contributed by atoms with Gasteiger partial charge < -0.3 is 10.3 Å². The standard InChI is InChI=1S/C16H22N4O.ClH/c1-2-20-14-9-4-3-8-13(14)18-16(20)19-15(21)11-6-5-7-12(17)10-11;/h3-4,8-9,11-12H,2,5-7,10,17H2,1H3,(H,18,19,21);1H. The molecule has 22 heavy (non-hydrogen) atoms. The first kappa shape index (κ1) is 16.8. The third-order valence-corrected chi connectivity index (χ3v) is 4.29. The lowest BCUT2D eigenvalue weighted by Gasteiger charge is -2.25. The van der Waals surface area contributed by atoms with Gasteiger partial charge in [-0.1, -0.05) is 18.6 Å². The summed E-state index contributed by atoms with van der Waals surface area (Å²) in [5.41, 5.74) is 7.94. The number of anilines is 1. The van der Waals surface area contributed by atoms with Gasteiger partial charge in [-0.3, -0.25) is 10.1 Å². The molecule has 1 fully saturated rings. The predicted octanol–water partition coefficient (Wildman–Crippen LogP) is 2.93. The van der Waals surface area contributed by atoms with Gasteiger partial charge in [0.1, 0.15) is 0 Å². The Morgan fingerprint density at radius 1 is 1.41 bits per heavy atom. The summed E-state index contributed by atoms with van der Waals surface area (Å²) < 4.78 is 2.04. The molecule has 6 heteroatoms. The van der Waals surface area contributed by atoms with E-state index in [0.29, 0.717) is 5.95 Å². The minimum absolute atomic E-state index is 0. The van der Waals surface area contributed by atoms with Gasteiger partial charge >= 0.3 is 0 Å². The van der Waals surface area contributed by atoms with Crippen LogP contribution in [0.15, 0.2) is 24.3 Å². The molecule has 2 atom stereocenters. The highest BCUT2D eigenvalue weighted by Crippen LogP contribution is 2.25. The van der Waals surface area contributed by atoms with E-state index in [4.69, 9.17) is 5.73 Å². The van der Waals surface area contributed by atoms with Crippen LogP contribution in [0, 0.1) is 5.92 Å². The monoisotopic (exact) mass is 322 g/mol. The van der Waals surface area contributed by atoms with Crippen LogP contribution >= 0.6 is 12.4 Å². The molecular formula is C16H23ClN4O. The first-order valence-corrected chi connectivity index (χ1v) is 7.70. The molecule has 5 nitrogen and oxygen atoms in total. The first-order valence-electron chi connectivity index (χ1n) is 7.70. The summed E-state index contributed by atoms with van der Waals surface area (Å²) in [6, 6.07) is 8.09. The fourth-order valence-corrected chi connectivity index (χ4v) is 3.17. The Morgan fingerprint density at radius 2 is 2.18 bits per heavy atom. The maximum Gasteiger partial charge on any atom is 0.229 e. The van der Waals surface area contributed by atoms with Crippen LogP contribution in [0.1, 0.15) is 32.6 Å². The van der Waals surface area contributed by atoms with Crippen molar-refractivity contribution in [1.29, 1.82) is 0 Å². The second kappa shape index (κ2) is 7.11. The van der Waals surface area contributed by atoms with Gasteiger partial charge in [0.05, 0.1) is 11.0 Å². The second-order valence-electron chi connectivity index (χ2n) is 5.78. The third kappa shape index (κ3) is 3.25. The first-order chi connectivity index (χ1) is 10.2. The molecule has 1 saturated carbocycles. The zero-order chi connectivity index (χ0) is 14.8. The number of halogens is 1. The number of carbonyl (C=O) groups excluding carboxylic acids is 1. The minimum atomic E-state index is 0. The highest BCUT2D eigenvalue weighted by atomic mass is 35.5. The fourth-order valence-electron chi connectivity index (χ4n) is 3.17. The van der Waals surface area contributed by atoms with E-state index in [1.54, 1.807) is 0 Å². The highest BCUT2D eigenvalue weighted by molar-refractivity contribution is 5.93. The number of aromatic nitrogens is 2. The molecule has 0 aliphatic heterocycles. The van der Waals surface area contributed by atoms with Crippen molar-refractivity contribution in [3.8, 4) is 0 Å². The van der Waals surface area contributed by atoms with Gasteiger partial charge in [0.2, 0.25) is 11.9 Å². The van der Waals surface area contributed by atoms with Gasteiger partial charge in [-0.05, 0) is 38.3 Å². The largest absolute Gasteiger partial charge is 0.328 e. The summed E-state index contributed by atoms with van der Waals surface area (Å²) >= 11 is 0. The fraction of sp³-hybridized carbons (Fsp3) is 0.500. The van der Waals surface area contributed by atoms with Gasteiger partial charge in [-0.15, -0.1) is 12.4 Å². The summed E-state index contributed by atoms with van der Waals surface area (Å²) in [6.07, 6.45) is 3.75. The van der Waals surface area contributed by atoms with Crippen molar-refractivity contribution >= 4 is 35.3 Å². The SMILES string of the molecule is CCn1c(NC(=O)C2CCCC(N)C2)nc2ccccc21.Cl. The highest BCUT2D eigenvalue weighted by Gasteiger charge is 2.26. The summed E-state index contributed by atoms with van der Waals surface area (Å²) in [5, 5.41) is 3.00. The number of carbonyl (C=O) groups is 1. The van der Waals surface area contributed by atoms with Crippen molar-refractivity contribution in [1.82, 2.24) is 9.55 Å². The quantitative estimate of drug-likeness (QED) is 0.912. The molecule has 1 heterocycles. The molecule has 1 aliphatic rings. The molecular weight excluding hydrogens is 300 g/mol. The van der Waals surface area contributed by atoms with Gasteiger partial charge in [-0.25, -0.2) is 4.98 Å². The molecule has 1 aromatic heterocycles. The normalized spacial score (nSPS) is 21.4. The molecule has 2 aromatic rings. The predicted molar refractivity (Wildman–Crippen MR) is 91.2 cm³/mol. The number of amides is 1. The van der Waals surface area contributed by atoms with E-state index in [2.05, 4.69) is 17.2 Å². The number of fused-ring (bicyclic) bond motifs is 1. The molecule has 0 bridgehead atoms. The Morgan fingerprint density at radius 3 is 2.91 bits per heavy atom. The molecule has 3 N–H and O–H groups in total. The molecule has 0 spiro atoms. The van der Waals surface area contributed by atoms with Crippen molar-refractivity contribution in [2.45, 2.75) is 45.2 Å². The Bertz CT molecular complexity index is 655. The number of imidazole rings is 1. The van der Waals surface area contributed by atoms with Gasteiger partial charge in [0.15, 0.2) is 0 Å². The summed E-state index contributed by atoms with van der Waals surface area (Å²) in [5.74, 6) is 0.705. The average Bonchev–Trinajstić information content (AvgIpc) is 2.84. The van der Waals surface area contributed by atoms with Crippen LogP contribution < -0.4 is 11.1 Å². The van der Waals surface area contributed by atoms with Crippen LogP contribution in [0.2, 0.25) is 0 Å². The van der Waals surface area contributed by atoms with Crippen molar-refractivity contribution in [3.05, 3.63) is 24.3 Å². The number of hydrogen-bond donors (Lipinski definition) is 2. The topological polar surface area (TPSA) is 72.9 Å². The Kier molecular flexibility index (Phi) is 5.42. The average molecular weight is 323 g/mol. The molecule has 1 aliphatic carbocycles. The lowest BCUT2D eigenvalue weighted by Crippen LogP contribution is -2.34. The number of rotatable bonds is 3. The Hall–Kier alpha value is -1.59. The maximum absolute atomic E-state index is 12.4. The summed E-state index contributed by atoms with van der Waals surface area (Å²) in [7, 11) is 0. The molecule has 0 saturated heterocycles. The number of nitrogens with one attached hydrogen (secondary N) is 1. The molecule has 1 amide bonds. The molecule has 3 rings (SSSR count). The third-order valence-electron chi connectivity index (χ3n) is 4.29. The molecule has 2 unspecified atom stereocenters. The van der Waals surface area contributed by atoms with Gasteiger partial charge in [-0.2, -0.15) is 0 Å². The number of hydrogen-bond acceptors (Lipinski definition) is 3. The number of benzene rings is 1. The van der Waals surface area contributed by atoms with Crippen molar-refractivity contribution < 1.29 is 4.79 Å². The van der Waals surface area contributed by atoms with E-state index in [9.17, 15) is 4.79 Å². The van der Waals surface area contributed by atoms with Crippen molar-refractivity contribution in [2.24, 2.45) is 11.7 Å². The lowest BCUT2D eigenvalue weighted by atomic mass is 9.85. The lowest BCUT2D eigenvalue weighted by molar-refractivity contribution is -0.121. The van der Waals surface area contributed by atoms with Crippen LogP contribution in [0.25, 0.3) is 11.0 Å². The van der Waals surface area contributed by atoms with Crippen molar-refractivity contribution in [2.75, 3.05) is 5.32 Å². The van der Waals surface area contributed by atoms with E-state index in [0.717, 1.165) is 43.3 Å². The zero-order valence-electron chi connectivity index (χ0n) is 12.8. The molecule has 1 aromatic carbocycles. The van der Waals surface area contributed by atoms with Crippen molar-refractivity contribution in [3.63, 3.8) is 0 Å². The van der Waals surface area contributed by atoms with Gasteiger partial charge in [0.25, 0.3) is 0 Å². The zero-order valence-corrected chi connectivity index (χ0v) is 13.6. The van der Waals surface area contributed by atoms with Crippen LogP contribution in [-0.4, -0.2) is 21.5 Å². The van der Waals surface area contributed by atoms with Crippen LogP contribution in [0.5, 0.6) is 0 Å². The smallest absolute Gasteiger partial charge is 0.229 e. The molecule has 0 radical (unpaired) electrons. The van der Waals surface area contributed by atoms with Crippen LogP contribution in [0.3, 0.4) is 0 Å². The van der Waals surface area contributed by atoms with E-state index in [1.807, 2.05) is 28.8 Å². The summed E-state index contributed by atoms with van der Waals surface area (Å²) in [6.45, 7) is 2.83. The van der Waals surface area contributed by atoms with E-state index >= 15 is 0 Å². The maximum atomic E-state index is 12.4. The summed E-state index contributed by atoms with van der Waals surface area (Å²) in [4.78, 5) is 17.0. The number of aryl methyl sites for hydroxylation is 1. The van der Waals surface area contributed by atoms with Gasteiger partial charge in [0, 0.05) is 18.5 Å². The Balaban J connectivity index is 0.00000176. The van der Waals surface area contributed by atoms with Crippen LogP contribution in [-0.2, 0) is 11.3 Å². The van der Waals surface area contributed by atoms with Crippen LogP contribution in [0.4, 0.5) is 5.95 Å². The second-order valence-corrected chi connectivity index (χ2v) is 5.78. The number of nitrogens with two attached hydrogens (primary N) is 1.